The monoisotopic (exact) mass is 287 g/mol. The number of benzene rings is 2. The van der Waals surface area contributed by atoms with Gasteiger partial charge in [-0.15, -0.1) is 0 Å². The molecule has 0 heterocycles. The van der Waals surface area contributed by atoms with Gasteiger partial charge in [0.05, 0.1) is 13.0 Å². The van der Waals surface area contributed by atoms with Crippen molar-refractivity contribution in [3.63, 3.8) is 0 Å². The van der Waals surface area contributed by atoms with Gasteiger partial charge in [-0.3, -0.25) is 4.79 Å². The largest absolute Gasteiger partial charge is 0.493 e. The molecule has 2 aromatic rings. The maximum absolute atomic E-state index is 12.7. The zero-order valence-corrected chi connectivity index (χ0v) is 11.9. The standard InChI is InChI=1S/C17H18FNO2/c1-2-13-5-3-4-6-16(13)19-17(20)11-12-21-15-9-7-14(18)8-10-15/h3-10H,2,11-12H2,1H3,(H,19,20). The van der Waals surface area contributed by atoms with Crippen LogP contribution in [0, 0.1) is 5.82 Å². The highest BCUT2D eigenvalue weighted by atomic mass is 19.1. The summed E-state index contributed by atoms with van der Waals surface area (Å²) in [6, 6.07) is 13.5. The number of anilines is 1. The van der Waals surface area contributed by atoms with Crippen LogP contribution in [0.25, 0.3) is 0 Å². The normalized spacial score (nSPS) is 10.2. The Morgan fingerprint density at radius 1 is 1.14 bits per heavy atom. The molecule has 2 rings (SSSR count). The second kappa shape index (κ2) is 7.43. The Hall–Kier alpha value is -2.36. The highest BCUT2D eigenvalue weighted by molar-refractivity contribution is 5.91. The van der Waals surface area contributed by atoms with Crippen molar-refractivity contribution in [2.24, 2.45) is 0 Å². The van der Waals surface area contributed by atoms with Gasteiger partial charge in [0.25, 0.3) is 0 Å². The highest BCUT2D eigenvalue weighted by Crippen LogP contribution is 2.16. The summed E-state index contributed by atoms with van der Waals surface area (Å²) >= 11 is 0. The number of aryl methyl sites for hydroxylation is 1. The lowest BCUT2D eigenvalue weighted by molar-refractivity contribution is -0.116. The smallest absolute Gasteiger partial charge is 0.227 e. The number of rotatable bonds is 6. The molecule has 0 aliphatic carbocycles. The van der Waals surface area contributed by atoms with Gasteiger partial charge in [-0.2, -0.15) is 0 Å². The van der Waals surface area contributed by atoms with E-state index in [1.54, 1.807) is 12.1 Å². The molecule has 4 heteroatoms. The van der Waals surface area contributed by atoms with Gasteiger partial charge in [-0.25, -0.2) is 4.39 Å². The number of hydrogen-bond donors (Lipinski definition) is 1. The molecule has 1 amide bonds. The van der Waals surface area contributed by atoms with Crippen molar-refractivity contribution >= 4 is 11.6 Å². The third-order valence-electron chi connectivity index (χ3n) is 3.08. The third-order valence-corrected chi connectivity index (χ3v) is 3.08. The summed E-state index contributed by atoms with van der Waals surface area (Å²) in [6.45, 7) is 2.30. The van der Waals surface area contributed by atoms with Crippen LogP contribution in [0.15, 0.2) is 48.5 Å². The van der Waals surface area contributed by atoms with Gasteiger partial charge in [0.1, 0.15) is 11.6 Å². The molecular weight excluding hydrogens is 269 g/mol. The minimum absolute atomic E-state index is 0.0991. The molecule has 21 heavy (non-hydrogen) atoms. The first kappa shape index (κ1) is 15.0. The number of carbonyl (C=O) groups excluding carboxylic acids is 1. The van der Waals surface area contributed by atoms with Crippen molar-refractivity contribution < 1.29 is 13.9 Å². The summed E-state index contributed by atoms with van der Waals surface area (Å²) in [6.07, 6.45) is 1.11. The van der Waals surface area contributed by atoms with Crippen molar-refractivity contribution in [2.75, 3.05) is 11.9 Å². The number of ether oxygens (including phenoxy) is 1. The van der Waals surface area contributed by atoms with E-state index in [0.717, 1.165) is 17.7 Å². The molecule has 2 aromatic carbocycles. The van der Waals surface area contributed by atoms with Crippen molar-refractivity contribution in [1.82, 2.24) is 0 Å². The molecule has 0 bridgehead atoms. The van der Waals surface area contributed by atoms with Gasteiger partial charge >= 0.3 is 0 Å². The Bertz CT molecular complexity index is 596. The number of carbonyl (C=O) groups is 1. The van der Waals surface area contributed by atoms with Gasteiger partial charge in [0.2, 0.25) is 5.91 Å². The van der Waals surface area contributed by atoms with Crippen LogP contribution < -0.4 is 10.1 Å². The van der Waals surface area contributed by atoms with Crippen LogP contribution in [0.5, 0.6) is 5.75 Å². The van der Waals surface area contributed by atoms with E-state index in [1.165, 1.54) is 12.1 Å². The van der Waals surface area contributed by atoms with Crippen molar-refractivity contribution in [3.8, 4) is 5.75 Å². The van der Waals surface area contributed by atoms with E-state index in [2.05, 4.69) is 5.32 Å². The molecular formula is C17H18FNO2. The lowest BCUT2D eigenvalue weighted by Gasteiger charge is -2.10. The average molecular weight is 287 g/mol. The molecule has 0 aliphatic rings. The summed E-state index contributed by atoms with van der Waals surface area (Å²) in [7, 11) is 0. The first-order valence-electron chi connectivity index (χ1n) is 6.95. The van der Waals surface area contributed by atoms with Crippen molar-refractivity contribution in [1.29, 1.82) is 0 Å². The molecule has 0 fully saturated rings. The quantitative estimate of drug-likeness (QED) is 0.877. The Kier molecular flexibility index (Phi) is 5.32. The van der Waals surface area contributed by atoms with Crippen LogP contribution in [0.2, 0.25) is 0 Å². The Labute approximate surface area is 123 Å². The maximum Gasteiger partial charge on any atom is 0.227 e. The predicted molar refractivity (Wildman–Crippen MR) is 81.0 cm³/mol. The number of halogens is 1. The Balaban J connectivity index is 1.81. The lowest BCUT2D eigenvalue weighted by Crippen LogP contribution is -2.16. The molecule has 1 N–H and O–H groups in total. The number of amides is 1. The minimum Gasteiger partial charge on any atom is -0.493 e. The van der Waals surface area contributed by atoms with Crippen LogP contribution in [-0.4, -0.2) is 12.5 Å². The summed E-state index contributed by atoms with van der Waals surface area (Å²) < 4.78 is 18.1. The summed E-state index contributed by atoms with van der Waals surface area (Å²) in [5, 5.41) is 2.88. The second-order valence-electron chi connectivity index (χ2n) is 4.61. The molecule has 0 atom stereocenters. The van der Waals surface area contributed by atoms with Gasteiger partial charge in [-0.05, 0) is 42.3 Å². The summed E-state index contributed by atoms with van der Waals surface area (Å²) in [5.41, 5.74) is 1.94. The molecule has 0 aromatic heterocycles. The third kappa shape index (κ3) is 4.60. The fraction of sp³-hybridized carbons (Fsp3) is 0.235. The number of hydrogen-bond acceptors (Lipinski definition) is 2. The van der Waals surface area contributed by atoms with Crippen molar-refractivity contribution in [3.05, 3.63) is 59.9 Å². The van der Waals surface area contributed by atoms with E-state index in [4.69, 9.17) is 4.74 Å². The van der Waals surface area contributed by atoms with Crippen LogP contribution in [0.3, 0.4) is 0 Å². The van der Waals surface area contributed by atoms with Crippen LogP contribution in [0.1, 0.15) is 18.9 Å². The van der Waals surface area contributed by atoms with E-state index in [1.807, 2.05) is 31.2 Å². The first-order chi connectivity index (χ1) is 10.2. The molecule has 0 radical (unpaired) electrons. The molecule has 0 unspecified atom stereocenters. The Morgan fingerprint density at radius 3 is 2.57 bits per heavy atom. The average Bonchev–Trinajstić information content (AvgIpc) is 2.50. The van der Waals surface area contributed by atoms with E-state index >= 15 is 0 Å². The SMILES string of the molecule is CCc1ccccc1NC(=O)CCOc1ccc(F)cc1. The van der Waals surface area contributed by atoms with Gasteiger partial charge in [0, 0.05) is 5.69 Å². The lowest BCUT2D eigenvalue weighted by atomic mass is 10.1. The topological polar surface area (TPSA) is 38.3 Å². The zero-order chi connectivity index (χ0) is 15.1. The van der Waals surface area contributed by atoms with E-state index in [-0.39, 0.29) is 24.8 Å². The van der Waals surface area contributed by atoms with Gasteiger partial charge in [-0.1, -0.05) is 25.1 Å². The maximum atomic E-state index is 12.7. The molecule has 0 aliphatic heterocycles. The molecule has 0 saturated carbocycles. The van der Waals surface area contributed by atoms with Crippen molar-refractivity contribution in [2.45, 2.75) is 19.8 Å². The molecule has 110 valence electrons. The minimum atomic E-state index is -0.309. The van der Waals surface area contributed by atoms with Crippen LogP contribution in [0.4, 0.5) is 10.1 Å². The fourth-order valence-corrected chi connectivity index (χ4v) is 1.96. The zero-order valence-electron chi connectivity index (χ0n) is 11.9. The molecule has 0 saturated heterocycles. The highest BCUT2D eigenvalue weighted by Gasteiger charge is 2.06. The predicted octanol–water partition coefficient (Wildman–Crippen LogP) is 3.80. The Morgan fingerprint density at radius 2 is 1.86 bits per heavy atom. The number of para-hydroxylation sites is 1. The second-order valence-corrected chi connectivity index (χ2v) is 4.61. The van der Waals surface area contributed by atoms with Crippen LogP contribution in [-0.2, 0) is 11.2 Å². The van der Waals surface area contributed by atoms with Crippen LogP contribution >= 0.6 is 0 Å². The van der Waals surface area contributed by atoms with E-state index in [9.17, 15) is 9.18 Å². The van der Waals surface area contributed by atoms with Gasteiger partial charge in [0.15, 0.2) is 0 Å². The van der Waals surface area contributed by atoms with E-state index < -0.39 is 0 Å². The first-order valence-corrected chi connectivity index (χ1v) is 6.95. The molecule has 3 nitrogen and oxygen atoms in total. The fourth-order valence-electron chi connectivity index (χ4n) is 1.96. The number of nitrogens with one attached hydrogen (secondary N) is 1. The molecule has 0 spiro atoms. The summed E-state index contributed by atoms with van der Waals surface area (Å²) in [4.78, 5) is 11.9. The van der Waals surface area contributed by atoms with Gasteiger partial charge < -0.3 is 10.1 Å². The van der Waals surface area contributed by atoms with E-state index in [0.29, 0.717) is 5.75 Å². The summed E-state index contributed by atoms with van der Waals surface area (Å²) in [5.74, 6) is 0.146.